The second-order valence-corrected chi connectivity index (χ2v) is 6.72. The molecule has 7 heteroatoms. The molecule has 0 aliphatic heterocycles. The third-order valence-electron chi connectivity index (χ3n) is 3.43. The molecule has 0 radical (unpaired) electrons. The fourth-order valence-electron chi connectivity index (χ4n) is 2.37. The predicted molar refractivity (Wildman–Crippen MR) is 97.6 cm³/mol. The minimum atomic E-state index is -0.530. The highest BCUT2D eigenvalue weighted by atomic mass is 16.6. The van der Waals surface area contributed by atoms with Gasteiger partial charge in [0.05, 0.1) is 0 Å². The van der Waals surface area contributed by atoms with Gasteiger partial charge in [0.25, 0.3) is 0 Å². The fourth-order valence-corrected chi connectivity index (χ4v) is 2.37. The van der Waals surface area contributed by atoms with E-state index >= 15 is 0 Å². The van der Waals surface area contributed by atoms with Crippen LogP contribution in [0.1, 0.15) is 26.3 Å². The van der Waals surface area contributed by atoms with Crippen LogP contribution in [0.15, 0.2) is 30.5 Å². The third-order valence-corrected chi connectivity index (χ3v) is 3.43. The Hall–Kier alpha value is -2.70. The number of para-hydroxylation sites is 1. The number of carbonyl (C=O) groups excluding carboxylic acids is 2. The average Bonchev–Trinajstić information content (AvgIpc) is 2.93. The third kappa shape index (κ3) is 6.37. The van der Waals surface area contributed by atoms with Crippen molar-refractivity contribution in [2.24, 2.45) is 0 Å². The summed E-state index contributed by atoms with van der Waals surface area (Å²) >= 11 is 0. The first-order valence-corrected chi connectivity index (χ1v) is 8.39. The quantitative estimate of drug-likeness (QED) is 0.605. The van der Waals surface area contributed by atoms with E-state index in [4.69, 9.17) is 4.74 Å². The van der Waals surface area contributed by atoms with E-state index in [1.807, 2.05) is 24.4 Å². The van der Waals surface area contributed by atoms with Crippen molar-refractivity contribution in [3.8, 4) is 0 Å². The summed E-state index contributed by atoms with van der Waals surface area (Å²) in [5.74, 6) is 0. The molecule has 0 fully saturated rings. The standard InChI is InChI=1S/C18H26N4O3/c1-18(2,3)25-17(24)21-11-10-20-16(23)19-9-8-13-12-22-15-7-5-4-6-14(13)15/h4-7,12,22H,8-11H2,1-3H3,(H,21,24)(H2,19,20,23). The summed E-state index contributed by atoms with van der Waals surface area (Å²) < 4.78 is 5.10. The molecule has 25 heavy (non-hydrogen) atoms. The number of hydrogen-bond donors (Lipinski definition) is 4. The van der Waals surface area contributed by atoms with E-state index in [2.05, 4.69) is 27.0 Å². The number of H-pyrrole nitrogens is 1. The molecule has 0 saturated heterocycles. The molecule has 1 aromatic heterocycles. The SMILES string of the molecule is CC(C)(C)OC(=O)NCCNC(=O)NCCc1c[nH]c2ccccc12. The van der Waals surface area contributed by atoms with E-state index in [1.165, 1.54) is 10.9 Å². The number of ether oxygens (including phenoxy) is 1. The molecule has 0 aliphatic rings. The number of nitrogens with one attached hydrogen (secondary N) is 4. The number of urea groups is 1. The topological polar surface area (TPSA) is 95.2 Å². The summed E-state index contributed by atoms with van der Waals surface area (Å²) in [6.45, 7) is 6.57. The van der Waals surface area contributed by atoms with E-state index in [0.717, 1.165) is 11.9 Å². The molecule has 1 aromatic carbocycles. The van der Waals surface area contributed by atoms with Crippen LogP contribution < -0.4 is 16.0 Å². The number of aromatic nitrogens is 1. The van der Waals surface area contributed by atoms with Gasteiger partial charge in [-0.2, -0.15) is 0 Å². The summed E-state index contributed by atoms with van der Waals surface area (Å²) in [7, 11) is 0. The van der Waals surface area contributed by atoms with Gasteiger partial charge in [-0.25, -0.2) is 9.59 Å². The number of amides is 3. The Balaban J connectivity index is 1.61. The predicted octanol–water partition coefficient (Wildman–Crippen LogP) is 2.53. The van der Waals surface area contributed by atoms with Crippen LogP contribution in [0.5, 0.6) is 0 Å². The Labute approximate surface area is 147 Å². The molecule has 0 saturated carbocycles. The van der Waals surface area contributed by atoms with Crippen LogP contribution in [0.4, 0.5) is 9.59 Å². The van der Waals surface area contributed by atoms with Crippen molar-refractivity contribution in [1.82, 2.24) is 20.9 Å². The van der Waals surface area contributed by atoms with Crippen LogP contribution >= 0.6 is 0 Å². The van der Waals surface area contributed by atoms with Crippen molar-refractivity contribution in [3.63, 3.8) is 0 Å². The van der Waals surface area contributed by atoms with E-state index < -0.39 is 11.7 Å². The molecule has 1 heterocycles. The number of aromatic amines is 1. The number of rotatable bonds is 6. The van der Waals surface area contributed by atoms with Crippen LogP contribution in [0.3, 0.4) is 0 Å². The zero-order chi connectivity index (χ0) is 18.3. The first kappa shape index (κ1) is 18.6. The van der Waals surface area contributed by atoms with E-state index in [0.29, 0.717) is 19.6 Å². The summed E-state index contributed by atoms with van der Waals surface area (Å²) in [5, 5.41) is 9.25. The first-order chi connectivity index (χ1) is 11.8. The Morgan fingerprint density at radius 3 is 2.48 bits per heavy atom. The van der Waals surface area contributed by atoms with Gasteiger partial charge in [0, 0.05) is 36.7 Å². The summed E-state index contributed by atoms with van der Waals surface area (Å²) in [6, 6.07) is 7.81. The van der Waals surface area contributed by atoms with Crippen molar-refractivity contribution in [3.05, 3.63) is 36.0 Å². The maximum atomic E-state index is 11.7. The fraction of sp³-hybridized carbons (Fsp3) is 0.444. The lowest BCUT2D eigenvalue weighted by molar-refractivity contribution is 0.0528. The second kappa shape index (κ2) is 8.41. The van der Waals surface area contributed by atoms with Gasteiger partial charge >= 0.3 is 12.1 Å². The molecule has 4 N–H and O–H groups in total. The highest BCUT2D eigenvalue weighted by Crippen LogP contribution is 2.17. The molecule has 7 nitrogen and oxygen atoms in total. The number of hydrogen-bond acceptors (Lipinski definition) is 3. The molecule has 0 bridgehead atoms. The largest absolute Gasteiger partial charge is 0.444 e. The Bertz CT molecular complexity index is 718. The van der Waals surface area contributed by atoms with Gasteiger partial charge in [-0.1, -0.05) is 18.2 Å². The van der Waals surface area contributed by atoms with Crippen molar-refractivity contribution >= 4 is 23.0 Å². The zero-order valence-electron chi connectivity index (χ0n) is 14.9. The number of fused-ring (bicyclic) bond motifs is 1. The lowest BCUT2D eigenvalue weighted by atomic mass is 10.1. The molecule has 0 spiro atoms. The molecular formula is C18H26N4O3. The summed E-state index contributed by atoms with van der Waals surface area (Å²) in [5.41, 5.74) is 1.73. The minimum Gasteiger partial charge on any atom is -0.444 e. The highest BCUT2D eigenvalue weighted by molar-refractivity contribution is 5.83. The first-order valence-electron chi connectivity index (χ1n) is 8.39. The molecule has 0 atom stereocenters. The maximum absolute atomic E-state index is 11.7. The van der Waals surface area contributed by atoms with Gasteiger partial charge < -0.3 is 25.7 Å². The molecular weight excluding hydrogens is 320 g/mol. The van der Waals surface area contributed by atoms with Gasteiger partial charge in [0.1, 0.15) is 5.60 Å². The van der Waals surface area contributed by atoms with Crippen LogP contribution in [-0.2, 0) is 11.2 Å². The van der Waals surface area contributed by atoms with Gasteiger partial charge in [0.2, 0.25) is 0 Å². The highest BCUT2D eigenvalue weighted by Gasteiger charge is 2.15. The van der Waals surface area contributed by atoms with Crippen molar-refractivity contribution in [2.75, 3.05) is 19.6 Å². The van der Waals surface area contributed by atoms with Crippen LogP contribution in [0.2, 0.25) is 0 Å². The molecule has 3 amide bonds. The molecule has 2 rings (SSSR count). The van der Waals surface area contributed by atoms with E-state index in [1.54, 1.807) is 20.8 Å². The number of benzene rings is 1. The smallest absolute Gasteiger partial charge is 0.407 e. The molecule has 136 valence electrons. The van der Waals surface area contributed by atoms with E-state index in [-0.39, 0.29) is 6.03 Å². The monoisotopic (exact) mass is 346 g/mol. The Kier molecular flexibility index (Phi) is 6.27. The van der Waals surface area contributed by atoms with Crippen molar-refractivity contribution in [1.29, 1.82) is 0 Å². The van der Waals surface area contributed by atoms with E-state index in [9.17, 15) is 9.59 Å². The maximum Gasteiger partial charge on any atom is 0.407 e. The van der Waals surface area contributed by atoms with Gasteiger partial charge in [0.15, 0.2) is 0 Å². The summed E-state index contributed by atoms with van der Waals surface area (Å²) in [4.78, 5) is 26.4. The van der Waals surface area contributed by atoms with Crippen LogP contribution in [0.25, 0.3) is 10.9 Å². The molecule has 0 aliphatic carbocycles. The second-order valence-electron chi connectivity index (χ2n) is 6.72. The van der Waals surface area contributed by atoms with Gasteiger partial charge in [-0.3, -0.25) is 0 Å². The van der Waals surface area contributed by atoms with Crippen LogP contribution in [-0.4, -0.2) is 42.3 Å². The molecule has 0 unspecified atom stereocenters. The normalized spacial score (nSPS) is 11.2. The van der Waals surface area contributed by atoms with Crippen LogP contribution in [0, 0.1) is 0 Å². The lowest BCUT2D eigenvalue weighted by Crippen LogP contribution is -2.41. The van der Waals surface area contributed by atoms with Crippen molar-refractivity contribution in [2.45, 2.75) is 32.8 Å². The van der Waals surface area contributed by atoms with Gasteiger partial charge in [-0.15, -0.1) is 0 Å². The minimum absolute atomic E-state index is 0.258. The van der Waals surface area contributed by atoms with Gasteiger partial charge in [-0.05, 0) is 38.8 Å². The summed E-state index contributed by atoms with van der Waals surface area (Å²) in [6.07, 6.45) is 2.22. The molecule has 2 aromatic rings. The number of carbonyl (C=O) groups is 2. The average molecular weight is 346 g/mol. The number of alkyl carbamates (subject to hydrolysis) is 1. The zero-order valence-corrected chi connectivity index (χ0v) is 14.9. The Morgan fingerprint density at radius 1 is 1.04 bits per heavy atom. The lowest BCUT2D eigenvalue weighted by Gasteiger charge is -2.19. The Morgan fingerprint density at radius 2 is 1.72 bits per heavy atom. The van der Waals surface area contributed by atoms with Crippen molar-refractivity contribution < 1.29 is 14.3 Å².